The first kappa shape index (κ1) is 12.0. The number of anilines is 1. The van der Waals surface area contributed by atoms with Crippen LogP contribution >= 0.6 is 0 Å². The van der Waals surface area contributed by atoms with Crippen LogP contribution in [0.1, 0.15) is 25.8 Å². The van der Waals surface area contributed by atoms with Gasteiger partial charge in [0.1, 0.15) is 5.75 Å². The molecule has 3 rings (SSSR count). The predicted octanol–water partition coefficient (Wildman–Crippen LogP) is 1.90. The van der Waals surface area contributed by atoms with E-state index in [0.717, 1.165) is 11.3 Å². The summed E-state index contributed by atoms with van der Waals surface area (Å²) < 4.78 is 7.24. The highest BCUT2D eigenvalue weighted by Gasteiger charge is 2.32. The van der Waals surface area contributed by atoms with Crippen LogP contribution in [0.2, 0.25) is 0 Å². The van der Waals surface area contributed by atoms with Crippen molar-refractivity contribution in [2.75, 3.05) is 12.8 Å². The van der Waals surface area contributed by atoms with Crippen LogP contribution in [0.3, 0.4) is 0 Å². The summed E-state index contributed by atoms with van der Waals surface area (Å²) in [5.41, 5.74) is 7.36. The Morgan fingerprint density at radius 2 is 2.21 bits per heavy atom. The van der Waals surface area contributed by atoms with Gasteiger partial charge in [0.25, 0.3) is 0 Å². The molecule has 1 unspecified atom stereocenters. The summed E-state index contributed by atoms with van der Waals surface area (Å²) in [5, 5.41) is 12.1. The van der Waals surface area contributed by atoms with Crippen LogP contribution in [0.4, 0.5) is 5.69 Å². The first-order valence-corrected chi connectivity index (χ1v) is 6.42. The van der Waals surface area contributed by atoms with Gasteiger partial charge in [0.15, 0.2) is 5.82 Å². The molecule has 19 heavy (non-hydrogen) atoms. The average Bonchev–Trinajstić information content (AvgIpc) is 3.15. The second-order valence-corrected chi connectivity index (χ2v) is 4.98. The van der Waals surface area contributed by atoms with Gasteiger partial charge >= 0.3 is 0 Å². The van der Waals surface area contributed by atoms with E-state index in [1.54, 1.807) is 13.2 Å². The lowest BCUT2D eigenvalue weighted by molar-refractivity contribution is 0.412. The Hall–Kier alpha value is -2.11. The third-order valence-electron chi connectivity index (χ3n) is 3.65. The fraction of sp³-hybridized carbons (Fsp3) is 0.462. The van der Waals surface area contributed by atoms with Crippen LogP contribution in [0.15, 0.2) is 18.2 Å². The van der Waals surface area contributed by atoms with Crippen molar-refractivity contribution in [2.45, 2.75) is 25.8 Å². The molecular weight excluding hydrogens is 242 g/mol. The van der Waals surface area contributed by atoms with Crippen molar-refractivity contribution in [3.05, 3.63) is 18.2 Å². The number of hydrogen-bond acceptors (Lipinski definition) is 5. The molecule has 0 spiro atoms. The molecule has 2 N–H and O–H groups in total. The SMILES string of the molecule is COc1ccc(N)cc1-c1nnnn1C(C)C1CC1. The van der Waals surface area contributed by atoms with Crippen LogP contribution in [0.25, 0.3) is 11.4 Å². The zero-order valence-electron chi connectivity index (χ0n) is 11.1. The summed E-state index contributed by atoms with van der Waals surface area (Å²) in [6.45, 7) is 2.15. The van der Waals surface area contributed by atoms with Gasteiger partial charge in [-0.25, -0.2) is 4.68 Å². The Balaban J connectivity index is 2.06. The summed E-state index contributed by atoms with van der Waals surface area (Å²) >= 11 is 0. The standard InChI is InChI=1S/C13H17N5O/c1-8(9-3-4-9)18-13(15-16-17-18)11-7-10(14)5-6-12(11)19-2/h5-9H,3-4,14H2,1-2H3. The van der Waals surface area contributed by atoms with E-state index in [-0.39, 0.29) is 0 Å². The molecule has 1 aliphatic carbocycles. The monoisotopic (exact) mass is 259 g/mol. The number of methoxy groups -OCH3 is 1. The molecule has 1 saturated carbocycles. The Morgan fingerprint density at radius 1 is 1.42 bits per heavy atom. The van der Waals surface area contributed by atoms with Crippen LogP contribution < -0.4 is 10.5 Å². The molecule has 0 aliphatic heterocycles. The number of nitrogens with two attached hydrogens (primary N) is 1. The van der Waals surface area contributed by atoms with Gasteiger partial charge in [0.2, 0.25) is 0 Å². The molecule has 0 amide bonds. The number of aromatic nitrogens is 4. The van der Waals surface area contributed by atoms with E-state index in [1.165, 1.54) is 12.8 Å². The number of rotatable bonds is 4. The number of ether oxygens (including phenoxy) is 1. The molecule has 0 radical (unpaired) electrons. The van der Waals surface area contributed by atoms with Crippen molar-refractivity contribution in [1.29, 1.82) is 0 Å². The molecule has 6 nitrogen and oxygen atoms in total. The van der Waals surface area contributed by atoms with E-state index in [0.29, 0.717) is 23.5 Å². The quantitative estimate of drug-likeness (QED) is 0.848. The molecule has 1 aliphatic rings. The van der Waals surface area contributed by atoms with E-state index < -0.39 is 0 Å². The van der Waals surface area contributed by atoms with Crippen molar-refractivity contribution < 1.29 is 4.74 Å². The van der Waals surface area contributed by atoms with Crippen molar-refractivity contribution in [2.24, 2.45) is 5.92 Å². The van der Waals surface area contributed by atoms with Crippen LogP contribution in [-0.4, -0.2) is 27.3 Å². The van der Waals surface area contributed by atoms with Crippen molar-refractivity contribution in [3.8, 4) is 17.1 Å². The molecule has 6 heteroatoms. The summed E-state index contributed by atoms with van der Waals surface area (Å²) in [7, 11) is 1.63. The lowest BCUT2D eigenvalue weighted by Gasteiger charge is -2.14. The average molecular weight is 259 g/mol. The maximum Gasteiger partial charge on any atom is 0.186 e. The minimum absolute atomic E-state index is 0.302. The minimum Gasteiger partial charge on any atom is -0.496 e. The maximum absolute atomic E-state index is 5.85. The van der Waals surface area contributed by atoms with Gasteiger partial charge in [0, 0.05) is 5.69 Å². The van der Waals surface area contributed by atoms with Gasteiger partial charge < -0.3 is 10.5 Å². The highest BCUT2D eigenvalue weighted by Crippen LogP contribution is 2.41. The van der Waals surface area contributed by atoms with Crippen LogP contribution in [-0.2, 0) is 0 Å². The third kappa shape index (κ3) is 2.14. The molecule has 1 fully saturated rings. The van der Waals surface area contributed by atoms with E-state index >= 15 is 0 Å². The number of hydrogen-bond donors (Lipinski definition) is 1. The molecular formula is C13H17N5O. The number of benzene rings is 1. The maximum atomic E-state index is 5.85. The molecule has 1 aromatic heterocycles. The fourth-order valence-corrected chi connectivity index (χ4v) is 2.32. The van der Waals surface area contributed by atoms with Gasteiger partial charge in [-0.2, -0.15) is 0 Å². The predicted molar refractivity (Wildman–Crippen MR) is 71.7 cm³/mol. The lowest BCUT2D eigenvalue weighted by Crippen LogP contribution is -2.11. The minimum atomic E-state index is 0.302. The van der Waals surface area contributed by atoms with Gasteiger partial charge in [-0.05, 0) is 54.3 Å². The van der Waals surface area contributed by atoms with Crippen LogP contribution in [0, 0.1) is 5.92 Å². The highest BCUT2D eigenvalue weighted by atomic mass is 16.5. The molecule has 2 aromatic rings. The highest BCUT2D eigenvalue weighted by molar-refractivity contribution is 5.68. The summed E-state index contributed by atoms with van der Waals surface area (Å²) in [5.74, 6) is 2.12. The number of nitrogens with zero attached hydrogens (tertiary/aromatic N) is 4. The normalized spacial score (nSPS) is 16.3. The van der Waals surface area contributed by atoms with Crippen molar-refractivity contribution in [3.63, 3.8) is 0 Å². The van der Waals surface area contributed by atoms with E-state index in [2.05, 4.69) is 22.4 Å². The Morgan fingerprint density at radius 3 is 2.89 bits per heavy atom. The summed E-state index contributed by atoms with van der Waals surface area (Å²) in [6.07, 6.45) is 2.49. The Kier molecular flexibility index (Phi) is 2.85. The number of tetrazole rings is 1. The smallest absolute Gasteiger partial charge is 0.186 e. The van der Waals surface area contributed by atoms with Gasteiger partial charge in [-0.15, -0.1) is 5.10 Å². The summed E-state index contributed by atoms with van der Waals surface area (Å²) in [4.78, 5) is 0. The lowest BCUT2D eigenvalue weighted by atomic mass is 10.1. The first-order chi connectivity index (χ1) is 9.20. The van der Waals surface area contributed by atoms with E-state index in [1.807, 2.05) is 16.8 Å². The Bertz CT molecular complexity index is 590. The van der Waals surface area contributed by atoms with E-state index in [9.17, 15) is 0 Å². The zero-order valence-corrected chi connectivity index (χ0v) is 11.1. The molecule has 100 valence electrons. The van der Waals surface area contributed by atoms with E-state index in [4.69, 9.17) is 10.5 Å². The molecule has 1 aromatic carbocycles. The third-order valence-corrected chi connectivity index (χ3v) is 3.65. The van der Waals surface area contributed by atoms with Crippen molar-refractivity contribution in [1.82, 2.24) is 20.2 Å². The second kappa shape index (κ2) is 4.53. The zero-order chi connectivity index (χ0) is 13.4. The van der Waals surface area contributed by atoms with Crippen LogP contribution in [0.5, 0.6) is 5.75 Å². The molecule has 1 atom stereocenters. The summed E-state index contributed by atoms with van der Waals surface area (Å²) in [6, 6.07) is 5.79. The largest absolute Gasteiger partial charge is 0.496 e. The molecule has 1 heterocycles. The second-order valence-electron chi connectivity index (χ2n) is 4.98. The molecule has 0 bridgehead atoms. The Labute approximate surface area is 111 Å². The van der Waals surface area contributed by atoms with Crippen molar-refractivity contribution >= 4 is 5.69 Å². The van der Waals surface area contributed by atoms with Gasteiger partial charge in [-0.1, -0.05) is 0 Å². The first-order valence-electron chi connectivity index (χ1n) is 6.42. The number of nitrogen functional groups attached to an aromatic ring is 1. The fourth-order valence-electron chi connectivity index (χ4n) is 2.32. The molecule has 0 saturated heterocycles. The van der Waals surface area contributed by atoms with Gasteiger partial charge in [-0.3, -0.25) is 0 Å². The topological polar surface area (TPSA) is 78.8 Å². The van der Waals surface area contributed by atoms with Gasteiger partial charge in [0.05, 0.1) is 18.7 Å².